The van der Waals surface area contributed by atoms with Gasteiger partial charge < -0.3 is 0 Å². The Bertz CT molecular complexity index is 491. The highest BCUT2D eigenvalue weighted by molar-refractivity contribution is 4.94. The Hall–Kier alpha value is -0.460. The number of rotatable bonds is 0. The molecule has 0 aromatic carbocycles. The predicted molar refractivity (Wildman–Crippen MR) is 111 cm³/mol. The van der Waals surface area contributed by atoms with Crippen LogP contribution in [0.5, 0.6) is 0 Å². The van der Waals surface area contributed by atoms with Gasteiger partial charge >= 0.3 is 0 Å². The quantitative estimate of drug-likeness (QED) is 0.381. The summed E-state index contributed by atoms with van der Waals surface area (Å²) < 4.78 is 0. The Balaban J connectivity index is 1.68. The molecule has 6 atom stereocenters. The van der Waals surface area contributed by atoms with Gasteiger partial charge in [-0.3, -0.25) is 0 Å². The van der Waals surface area contributed by atoms with Gasteiger partial charge in [0.15, 0.2) is 0 Å². The van der Waals surface area contributed by atoms with E-state index in [2.05, 4.69) is 40.8 Å². The van der Waals surface area contributed by atoms with E-state index in [1.165, 1.54) is 89.9 Å². The standard InChI is InChI=1S/C22H42N5/c1-18-15-16-21-14-8-13-20-11-5-2-4-9-19-10-6-3-7-12-22(17-18)26-27(23-19,24-20)25-21/h7,12,18-26H,2-6,8-11,13-17H2,1H3/q+1. The molecule has 1 spiro atoms. The maximum atomic E-state index is 4.05. The summed E-state index contributed by atoms with van der Waals surface area (Å²) in [4.78, 5) is 0.516. The smallest absolute Gasteiger partial charge is 0.0802 e. The summed E-state index contributed by atoms with van der Waals surface area (Å²) in [5.74, 6) is 0.769. The first-order chi connectivity index (χ1) is 13.2. The largest absolute Gasteiger partial charge is 0.106 e. The van der Waals surface area contributed by atoms with Crippen molar-refractivity contribution < 1.29 is 4.92 Å². The maximum Gasteiger partial charge on any atom is 0.0802 e. The number of allylic oxidation sites excluding steroid dienone is 1. The van der Waals surface area contributed by atoms with E-state index >= 15 is 0 Å². The lowest BCUT2D eigenvalue weighted by molar-refractivity contribution is -1.09. The molecule has 0 aromatic heterocycles. The highest BCUT2D eigenvalue weighted by Crippen LogP contribution is 2.26. The number of nitrogens with zero attached hydrogens (tertiary/aromatic N) is 1. The molecule has 3 fully saturated rings. The average molecular weight is 377 g/mol. The van der Waals surface area contributed by atoms with E-state index in [1.54, 1.807) is 0 Å². The Morgan fingerprint density at radius 3 is 2.04 bits per heavy atom. The topological polar surface area (TPSA) is 48.1 Å². The van der Waals surface area contributed by atoms with Crippen molar-refractivity contribution in [2.24, 2.45) is 5.92 Å². The first-order valence-corrected chi connectivity index (χ1v) is 11.9. The van der Waals surface area contributed by atoms with Crippen LogP contribution in [0, 0.1) is 5.92 Å². The van der Waals surface area contributed by atoms with Gasteiger partial charge in [-0.1, -0.05) is 38.3 Å². The zero-order valence-corrected chi connectivity index (χ0v) is 17.4. The summed E-state index contributed by atoms with van der Waals surface area (Å²) in [6.07, 6.45) is 23.2. The van der Waals surface area contributed by atoms with Crippen molar-refractivity contribution in [2.75, 3.05) is 0 Å². The highest BCUT2D eigenvalue weighted by Gasteiger charge is 2.41. The minimum absolute atomic E-state index is 0.410. The van der Waals surface area contributed by atoms with E-state index in [9.17, 15) is 0 Å². The molecule has 154 valence electrons. The summed E-state index contributed by atoms with van der Waals surface area (Å²) in [7, 11) is 0. The molecule has 4 heterocycles. The first kappa shape index (κ1) is 19.8. The van der Waals surface area contributed by atoms with Crippen LogP contribution in [0.2, 0.25) is 0 Å². The SMILES string of the molecule is CC1CCC2CCCC3CCCCCC4CCCC=CC(C1)N[N+](N4)(N3)N2. The molecule has 5 heteroatoms. The van der Waals surface area contributed by atoms with E-state index < -0.39 is 0 Å². The number of nitrogens with one attached hydrogen (secondary N) is 4. The van der Waals surface area contributed by atoms with Gasteiger partial charge in [0.1, 0.15) is 0 Å². The molecule has 0 radical (unpaired) electrons. The zero-order valence-electron chi connectivity index (χ0n) is 17.4. The van der Waals surface area contributed by atoms with Crippen LogP contribution in [0.1, 0.15) is 96.8 Å². The van der Waals surface area contributed by atoms with Crippen molar-refractivity contribution in [2.45, 2.75) is 121 Å². The van der Waals surface area contributed by atoms with Gasteiger partial charge in [0.05, 0.1) is 24.2 Å². The Labute approximate surface area is 166 Å². The molecular weight excluding hydrogens is 334 g/mol. The molecule has 0 aliphatic carbocycles. The lowest BCUT2D eigenvalue weighted by Crippen LogP contribution is -2.84. The van der Waals surface area contributed by atoms with E-state index in [0.29, 0.717) is 29.1 Å². The third kappa shape index (κ3) is 5.54. The Kier molecular flexibility index (Phi) is 6.88. The summed E-state index contributed by atoms with van der Waals surface area (Å²) in [5, 5.41) is 0. The monoisotopic (exact) mass is 376 g/mol. The summed E-state index contributed by atoms with van der Waals surface area (Å²) in [6, 6.07) is 2.15. The van der Waals surface area contributed by atoms with Gasteiger partial charge in [0.2, 0.25) is 0 Å². The van der Waals surface area contributed by atoms with Gasteiger partial charge in [0.25, 0.3) is 0 Å². The minimum atomic E-state index is 0.410. The molecule has 3 saturated heterocycles. The molecule has 0 saturated carbocycles. The van der Waals surface area contributed by atoms with Gasteiger partial charge in [-0.2, -0.15) is 0 Å². The van der Waals surface area contributed by atoms with E-state index in [-0.39, 0.29) is 0 Å². The molecule has 5 nitrogen and oxygen atoms in total. The Morgan fingerprint density at radius 1 is 0.667 bits per heavy atom. The summed E-state index contributed by atoms with van der Waals surface area (Å²) >= 11 is 0. The zero-order chi connectivity index (χ0) is 18.5. The van der Waals surface area contributed by atoms with Gasteiger partial charge in [-0.05, 0) is 81.5 Å². The lowest BCUT2D eigenvalue weighted by Gasteiger charge is -2.45. The van der Waals surface area contributed by atoms with Crippen molar-refractivity contribution in [1.29, 1.82) is 0 Å². The van der Waals surface area contributed by atoms with Crippen molar-refractivity contribution in [3.05, 3.63) is 12.2 Å². The van der Waals surface area contributed by atoms with Gasteiger partial charge in [-0.25, -0.2) is 0 Å². The second-order valence-corrected chi connectivity index (χ2v) is 9.73. The molecule has 4 aliphatic rings. The third-order valence-corrected chi connectivity index (χ3v) is 7.15. The number of fused-ring (bicyclic) bond motifs is 4. The van der Waals surface area contributed by atoms with E-state index in [4.69, 9.17) is 0 Å². The van der Waals surface area contributed by atoms with E-state index in [1.807, 2.05) is 0 Å². The third-order valence-electron chi connectivity index (χ3n) is 7.15. The molecule has 5 bridgehead atoms. The maximum absolute atomic E-state index is 4.05. The van der Waals surface area contributed by atoms with Crippen LogP contribution in [0.25, 0.3) is 0 Å². The van der Waals surface area contributed by atoms with Crippen molar-refractivity contribution in [1.82, 2.24) is 21.7 Å². The molecule has 0 amide bonds. The van der Waals surface area contributed by atoms with Crippen molar-refractivity contribution >= 4 is 0 Å². The fraction of sp³-hybridized carbons (Fsp3) is 0.909. The van der Waals surface area contributed by atoms with Crippen LogP contribution in [-0.4, -0.2) is 29.1 Å². The van der Waals surface area contributed by atoms with Crippen LogP contribution in [0.3, 0.4) is 0 Å². The van der Waals surface area contributed by atoms with Crippen molar-refractivity contribution in [3.8, 4) is 0 Å². The first-order valence-electron chi connectivity index (χ1n) is 11.9. The molecule has 4 N–H and O–H groups in total. The molecule has 27 heavy (non-hydrogen) atoms. The molecule has 0 aromatic rings. The summed E-state index contributed by atoms with van der Waals surface area (Å²) in [6.45, 7) is 2.44. The van der Waals surface area contributed by atoms with Crippen LogP contribution in [-0.2, 0) is 0 Å². The second-order valence-electron chi connectivity index (χ2n) is 9.73. The normalized spacial score (nSPS) is 44.4. The van der Waals surface area contributed by atoms with Crippen LogP contribution in [0.4, 0.5) is 0 Å². The minimum Gasteiger partial charge on any atom is -0.106 e. The average Bonchev–Trinajstić information content (AvgIpc) is 2.68. The number of hydrogen-bond acceptors (Lipinski definition) is 4. The molecule has 4 rings (SSSR count). The number of quaternary nitrogens is 1. The van der Waals surface area contributed by atoms with Crippen LogP contribution in [0.15, 0.2) is 12.2 Å². The van der Waals surface area contributed by atoms with Crippen molar-refractivity contribution in [3.63, 3.8) is 0 Å². The van der Waals surface area contributed by atoms with Gasteiger partial charge in [-0.15, -0.1) is 21.7 Å². The predicted octanol–water partition coefficient (Wildman–Crippen LogP) is 4.00. The van der Waals surface area contributed by atoms with E-state index in [0.717, 1.165) is 5.92 Å². The molecule has 6 unspecified atom stereocenters. The molecule has 4 aliphatic heterocycles. The molecular formula is C22H42N5+. The Morgan fingerprint density at radius 2 is 1.30 bits per heavy atom. The fourth-order valence-corrected chi connectivity index (χ4v) is 5.64. The fourth-order valence-electron chi connectivity index (χ4n) is 5.64. The summed E-state index contributed by atoms with van der Waals surface area (Å²) in [5.41, 5.74) is 16.1. The number of hydrogen-bond donors (Lipinski definition) is 4. The highest BCUT2D eigenvalue weighted by atomic mass is 16.2. The van der Waals surface area contributed by atoms with Crippen LogP contribution < -0.4 is 21.7 Å². The van der Waals surface area contributed by atoms with Gasteiger partial charge in [0, 0.05) is 0 Å². The van der Waals surface area contributed by atoms with Crippen LogP contribution >= 0.6 is 0 Å². The lowest BCUT2D eigenvalue weighted by atomic mass is 9.93. The second kappa shape index (κ2) is 9.36.